The Morgan fingerprint density at radius 1 is 1.29 bits per heavy atom. The highest BCUT2D eigenvalue weighted by atomic mass is 32.1. The zero-order valence-corrected chi connectivity index (χ0v) is 14.6. The number of carbonyl (C=O) groups excluding carboxylic acids is 1. The molecule has 0 aliphatic heterocycles. The van der Waals surface area contributed by atoms with E-state index in [2.05, 4.69) is 21.7 Å². The summed E-state index contributed by atoms with van der Waals surface area (Å²) in [5.74, 6) is -0.137. The largest absolute Gasteiger partial charge is 0.343 e. The molecule has 0 saturated carbocycles. The minimum Gasteiger partial charge on any atom is -0.343 e. The molecule has 3 rings (SSSR count). The lowest BCUT2D eigenvalue weighted by Crippen LogP contribution is -2.31. The van der Waals surface area contributed by atoms with Gasteiger partial charge in [-0.2, -0.15) is 0 Å². The van der Waals surface area contributed by atoms with Crippen LogP contribution >= 0.6 is 11.3 Å². The number of hydrogen-bond donors (Lipinski definition) is 0. The van der Waals surface area contributed by atoms with Crippen LogP contribution in [0.25, 0.3) is 16.2 Å². The van der Waals surface area contributed by atoms with Gasteiger partial charge in [0, 0.05) is 49.3 Å². The average Bonchev–Trinajstić information content (AvgIpc) is 3.13. The highest BCUT2D eigenvalue weighted by molar-refractivity contribution is 7.15. The molecule has 2 heterocycles. The molecule has 0 atom stereocenters. The topological polar surface area (TPSA) is 37.6 Å². The number of aromatic nitrogens is 2. The predicted octanol–water partition coefficient (Wildman–Crippen LogP) is 4.00. The number of fused-ring (bicyclic) bond motifs is 1. The Bertz CT molecular complexity index is 838. The number of imidazole rings is 1. The highest BCUT2D eigenvalue weighted by Crippen LogP contribution is 2.24. The van der Waals surface area contributed by atoms with Crippen molar-refractivity contribution in [2.45, 2.75) is 26.7 Å². The van der Waals surface area contributed by atoms with Crippen LogP contribution in [0.1, 0.15) is 26.0 Å². The standard InChI is InChI=1S/C18H20FN3OS/c1-3-9-21(13(2)23)10-8-16-12-24-18-20-17(11-22(16)18)14-4-6-15(19)7-5-14/h4-7,11-12H,3,8-10H2,1-2H3. The second kappa shape index (κ2) is 7.13. The van der Waals surface area contributed by atoms with E-state index < -0.39 is 0 Å². The van der Waals surface area contributed by atoms with Crippen molar-refractivity contribution in [3.8, 4) is 11.3 Å². The van der Waals surface area contributed by atoms with Crippen LogP contribution < -0.4 is 0 Å². The summed E-state index contributed by atoms with van der Waals surface area (Å²) in [6.45, 7) is 5.18. The molecule has 6 heteroatoms. The fourth-order valence-corrected chi connectivity index (χ4v) is 3.62. The van der Waals surface area contributed by atoms with Crippen molar-refractivity contribution in [2.75, 3.05) is 13.1 Å². The molecule has 3 aromatic rings. The number of nitrogens with zero attached hydrogens (tertiary/aromatic N) is 3. The van der Waals surface area contributed by atoms with Crippen LogP contribution in [-0.2, 0) is 11.2 Å². The van der Waals surface area contributed by atoms with E-state index in [0.717, 1.165) is 41.3 Å². The molecule has 0 bridgehead atoms. The van der Waals surface area contributed by atoms with Crippen LogP contribution in [0, 0.1) is 5.82 Å². The lowest BCUT2D eigenvalue weighted by Gasteiger charge is -2.19. The lowest BCUT2D eigenvalue weighted by molar-refractivity contribution is -0.128. The van der Waals surface area contributed by atoms with Gasteiger partial charge in [0.25, 0.3) is 0 Å². The molecule has 0 unspecified atom stereocenters. The van der Waals surface area contributed by atoms with E-state index in [4.69, 9.17) is 0 Å². The van der Waals surface area contributed by atoms with E-state index in [1.165, 1.54) is 12.1 Å². The highest BCUT2D eigenvalue weighted by Gasteiger charge is 2.12. The molecule has 2 aromatic heterocycles. The quantitative estimate of drug-likeness (QED) is 0.677. The summed E-state index contributed by atoms with van der Waals surface area (Å²) < 4.78 is 15.1. The third-order valence-corrected chi connectivity index (χ3v) is 4.89. The van der Waals surface area contributed by atoms with E-state index in [0.29, 0.717) is 6.54 Å². The normalized spacial score (nSPS) is 11.1. The first-order valence-corrected chi connectivity index (χ1v) is 8.93. The van der Waals surface area contributed by atoms with Gasteiger partial charge < -0.3 is 4.90 Å². The average molecular weight is 345 g/mol. The molecule has 0 radical (unpaired) electrons. The van der Waals surface area contributed by atoms with Crippen molar-refractivity contribution >= 4 is 22.2 Å². The van der Waals surface area contributed by atoms with E-state index >= 15 is 0 Å². The first-order valence-electron chi connectivity index (χ1n) is 8.05. The number of carbonyl (C=O) groups is 1. The van der Waals surface area contributed by atoms with Crippen LogP contribution in [0.15, 0.2) is 35.8 Å². The van der Waals surface area contributed by atoms with Crippen molar-refractivity contribution in [2.24, 2.45) is 0 Å². The van der Waals surface area contributed by atoms with Gasteiger partial charge in [-0.15, -0.1) is 11.3 Å². The van der Waals surface area contributed by atoms with E-state index in [1.807, 2.05) is 11.1 Å². The van der Waals surface area contributed by atoms with Gasteiger partial charge in [-0.25, -0.2) is 9.37 Å². The number of rotatable bonds is 6. The molecule has 0 N–H and O–H groups in total. The minimum atomic E-state index is -0.249. The number of amides is 1. The molecule has 24 heavy (non-hydrogen) atoms. The number of thiazole rings is 1. The Balaban J connectivity index is 1.80. The summed E-state index contributed by atoms with van der Waals surface area (Å²) in [6, 6.07) is 6.36. The zero-order valence-electron chi connectivity index (χ0n) is 13.8. The smallest absolute Gasteiger partial charge is 0.219 e. The maximum absolute atomic E-state index is 13.1. The fraction of sp³-hybridized carbons (Fsp3) is 0.333. The van der Waals surface area contributed by atoms with Gasteiger partial charge in [-0.3, -0.25) is 9.20 Å². The van der Waals surface area contributed by atoms with Gasteiger partial charge in [-0.1, -0.05) is 6.92 Å². The van der Waals surface area contributed by atoms with Gasteiger partial charge in [0.1, 0.15) is 5.82 Å². The molecule has 1 amide bonds. The Morgan fingerprint density at radius 2 is 2.04 bits per heavy atom. The van der Waals surface area contributed by atoms with Gasteiger partial charge >= 0.3 is 0 Å². The number of halogens is 1. The lowest BCUT2D eigenvalue weighted by atomic mass is 10.2. The van der Waals surface area contributed by atoms with Crippen molar-refractivity contribution in [1.82, 2.24) is 14.3 Å². The summed E-state index contributed by atoms with van der Waals surface area (Å²) in [6.07, 6.45) is 3.73. The second-order valence-electron chi connectivity index (χ2n) is 5.77. The van der Waals surface area contributed by atoms with Crippen LogP contribution in [0.5, 0.6) is 0 Å². The maximum Gasteiger partial charge on any atom is 0.219 e. The van der Waals surface area contributed by atoms with E-state index in [-0.39, 0.29) is 11.7 Å². The Morgan fingerprint density at radius 3 is 2.71 bits per heavy atom. The van der Waals surface area contributed by atoms with E-state index in [1.54, 1.807) is 30.4 Å². The maximum atomic E-state index is 13.1. The molecular weight excluding hydrogens is 325 g/mol. The second-order valence-corrected chi connectivity index (χ2v) is 6.61. The minimum absolute atomic E-state index is 0.112. The third kappa shape index (κ3) is 3.48. The van der Waals surface area contributed by atoms with E-state index in [9.17, 15) is 9.18 Å². The van der Waals surface area contributed by atoms with Gasteiger partial charge in [-0.05, 0) is 30.7 Å². The van der Waals surface area contributed by atoms with Gasteiger partial charge in [0.2, 0.25) is 5.91 Å². The monoisotopic (exact) mass is 345 g/mol. The summed E-state index contributed by atoms with van der Waals surface area (Å²) in [5.41, 5.74) is 2.87. The summed E-state index contributed by atoms with van der Waals surface area (Å²) >= 11 is 1.58. The molecule has 126 valence electrons. The first-order chi connectivity index (χ1) is 11.6. The summed E-state index contributed by atoms with van der Waals surface area (Å²) in [7, 11) is 0. The number of benzene rings is 1. The van der Waals surface area contributed by atoms with Gasteiger partial charge in [0.15, 0.2) is 4.96 Å². The summed E-state index contributed by atoms with van der Waals surface area (Å²) in [5, 5.41) is 2.08. The molecule has 0 saturated heterocycles. The molecule has 4 nitrogen and oxygen atoms in total. The van der Waals surface area contributed by atoms with Crippen LogP contribution in [0.2, 0.25) is 0 Å². The van der Waals surface area contributed by atoms with Crippen LogP contribution in [-0.4, -0.2) is 33.3 Å². The van der Waals surface area contributed by atoms with Crippen LogP contribution in [0.3, 0.4) is 0 Å². The van der Waals surface area contributed by atoms with Crippen molar-refractivity contribution in [3.05, 3.63) is 47.4 Å². The molecule has 0 aliphatic carbocycles. The molecule has 0 spiro atoms. The van der Waals surface area contributed by atoms with Crippen LogP contribution in [0.4, 0.5) is 4.39 Å². The Labute approximate surface area is 144 Å². The molecular formula is C18H20FN3OS. The van der Waals surface area contributed by atoms with Gasteiger partial charge in [0.05, 0.1) is 5.69 Å². The third-order valence-electron chi connectivity index (χ3n) is 4.00. The molecule has 0 aliphatic rings. The first kappa shape index (κ1) is 16.6. The van der Waals surface area contributed by atoms with Crippen molar-refractivity contribution in [3.63, 3.8) is 0 Å². The fourth-order valence-electron chi connectivity index (χ4n) is 2.71. The summed E-state index contributed by atoms with van der Waals surface area (Å²) in [4.78, 5) is 19.1. The Kier molecular flexibility index (Phi) is 4.94. The Hall–Kier alpha value is -2.21. The zero-order chi connectivity index (χ0) is 17.1. The van der Waals surface area contributed by atoms with Crippen molar-refractivity contribution in [1.29, 1.82) is 0 Å². The molecule has 0 fully saturated rings. The SMILES string of the molecule is CCCN(CCc1csc2nc(-c3ccc(F)cc3)cn12)C(C)=O. The van der Waals surface area contributed by atoms with Crippen molar-refractivity contribution < 1.29 is 9.18 Å². The molecule has 1 aromatic carbocycles. The predicted molar refractivity (Wildman–Crippen MR) is 94.7 cm³/mol. The number of hydrogen-bond acceptors (Lipinski definition) is 3.